The molecule has 0 unspecified atom stereocenters. The van der Waals surface area contributed by atoms with Gasteiger partial charge in [0.15, 0.2) is 5.78 Å². The van der Waals surface area contributed by atoms with E-state index in [0.29, 0.717) is 22.9 Å². The van der Waals surface area contributed by atoms with Crippen LogP contribution in [0.15, 0.2) is 72.8 Å². The number of carbonyl (C=O) groups is 2. The van der Waals surface area contributed by atoms with Crippen molar-refractivity contribution < 1.29 is 14.3 Å². The first-order valence-corrected chi connectivity index (χ1v) is 14.9. The molecular formula is C34H43ClN2O3. The summed E-state index contributed by atoms with van der Waals surface area (Å²) in [6.45, 7) is 7.51. The fraction of sp³-hybridized carbons (Fsp3) is 0.412. The molecule has 0 bridgehead atoms. The third-order valence-electron chi connectivity index (χ3n) is 7.42. The van der Waals surface area contributed by atoms with E-state index in [4.69, 9.17) is 16.3 Å². The highest BCUT2D eigenvalue weighted by Gasteiger charge is 2.24. The number of halogens is 1. The summed E-state index contributed by atoms with van der Waals surface area (Å²) < 4.78 is 4.91. The number of hydrogen-bond acceptors (Lipinski definition) is 4. The van der Waals surface area contributed by atoms with E-state index in [-0.39, 0.29) is 11.7 Å². The average molecular weight is 563 g/mol. The minimum Gasteiger partial charge on any atom is -0.497 e. The molecule has 3 aromatic rings. The number of para-hydroxylation sites is 1. The molecule has 0 aliphatic carbocycles. The number of likely N-dealkylation sites (tertiary alicyclic amines) is 1. The Balaban J connectivity index is 0.000000376. The van der Waals surface area contributed by atoms with Crippen molar-refractivity contribution in [3.05, 3.63) is 100 Å². The lowest BCUT2D eigenvalue weighted by Gasteiger charge is -2.32. The maximum Gasteiger partial charge on any atom is 0.253 e. The van der Waals surface area contributed by atoms with E-state index < -0.39 is 0 Å². The number of ether oxygens (including phenoxy) is 1. The molecule has 1 amide bonds. The summed E-state index contributed by atoms with van der Waals surface area (Å²) in [5.74, 6) is 1.73. The second-order valence-electron chi connectivity index (χ2n) is 9.95. The Morgan fingerprint density at radius 2 is 1.50 bits per heavy atom. The number of piperidine rings is 1. The van der Waals surface area contributed by atoms with Gasteiger partial charge in [-0.3, -0.25) is 9.59 Å². The zero-order valence-corrected chi connectivity index (χ0v) is 24.9. The Hall–Kier alpha value is -3.15. The number of ketones is 1. The van der Waals surface area contributed by atoms with E-state index in [0.717, 1.165) is 69.6 Å². The second-order valence-corrected chi connectivity index (χ2v) is 10.4. The van der Waals surface area contributed by atoms with Gasteiger partial charge in [0.05, 0.1) is 7.11 Å². The molecule has 2 aliphatic heterocycles. The first-order valence-electron chi connectivity index (χ1n) is 14.5. The van der Waals surface area contributed by atoms with Gasteiger partial charge in [-0.05, 0) is 105 Å². The number of nitrogens with zero attached hydrogens (tertiary/aromatic N) is 1. The molecule has 214 valence electrons. The average Bonchev–Trinajstić information content (AvgIpc) is 3.27. The molecule has 3 aromatic carbocycles. The number of rotatable bonds is 6. The SMILES string of the molecule is CC.COc1ccccc1.O=C(CCC1CCN(C(=O)c2ccc(Cl)cc2)CC1)c1ccc2c(c1)CCNCC2. The predicted octanol–water partition coefficient (Wildman–Crippen LogP) is 7.26. The minimum absolute atomic E-state index is 0.0701. The van der Waals surface area contributed by atoms with Gasteiger partial charge in [-0.1, -0.05) is 55.8 Å². The normalized spacial score (nSPS) is 14.8. The van der Waals surface area contributed by atoms with Crippen molar-refractivity contribution in [2.45, 2.75) is 52.4 Å². The van der Waals surface area contributed by atoms with Crippen LogP contribution in [0.5, 0.6) is 5.75 Å². The third kappa shape index (κ3) is 9.50. The zero-order valence-electron chi connectivity index (χ0n) is 24.1. The molecule has 2 aliphatic rings. The quantitative estimate of drug-likeness (QED) is 0.321. The van der Waals surface area contributed by atoms with Crippen molar-refractivity contribution in [2.75, 3.05) is 33.3 Å². The largest absolute Gasteiger partial charge is 0.497 e. The molecule has 1 N–H and O–H groups in total. The van der Waals surface area contributed by atoms with Crippen LogP contribution in [0.4, 0.5) is 0 Å². The van der Waals surface area contributed by atoms with E-state index in [1.807, 2.05) is 55.1 Å². The van der Waals surface area contributed by atoms with Gasteiger partial charge in [0.25, 0.3) is 5.91 Å². The molecule has 5 nitrogen and oxygen atoms in total. The van der Waals surface area contributed by atoms with E-state index in [2.05, 4.69) is 17.4 Å². The molecular weight excluding hydrogens is 520 g/mol. The fourth-order valence-electron chi connectivity index (χ4n) is 5.08. The molecule has 0 spiro atoms. The highest BCUT2D eigenvalue weighted by atomic mass is 35.5. The summed E-state index contributed by atoms with van der Waals surface area (Å²) in [5.41, 5.74) is 4.23. The summed E-state index contributed by atoms with van der Waals surface area (Å²) >= 11 is 5.91. The number of benzene rings is 3. The highest BCUT2D eigenvalue weighted by Crippen LogP contribution is 2.25. The number of nitrogens with one attached hydrogen (secondary N) is 1. The van der Waals surface area contributed by atoms with E-state index in [9.17, 15) is 9.59 Å². The molecule has 0 saturated carbocycles. The van der Waals surface area contributed by atoms with Crippen LogP contribution < -0.4 is 10.1 Å². The summed E-state index contributed by atoms with van der Waals surface area (Å²) in [6.07, 6.45) is 5.45. The molecule has 5 rings (SSSR count). The van der Waals surface area contributed by atoms with E-state index >= 15 is 0 Å². The molecule has 1 saturated heterocycles. The summed E-state index contributed by atoms with van der Waals surface area (Å²) in [7, 11) is 1.66. The number of Topliss-reactive ketones (excluding diaryl/α,β-unsaturated/α-hetero) is 1. The number of methoxy groups -OCH3 is 1. The first-order chi connectivity index (χ1) is 19.5. The Kier molecular flexibility index (Phi) is 13.2. The van der Waals surface area contributed by atoms with Crippen molar-refractivity contribution in [3.8, 4) is 5.75 Å². The maximum atomic E-state index is 12.8. The van der Waals surface area contributed by atoms with Crippen molar-refractivity contribution in [3.63, 3.8) is 0 Å². The highest BCUT2D eigenvalue weighted by molar-refractivity contribution is 6.30. The predicted molar refractivity (Wildman–Crippen MR) is 165 cm³/mol. The van der Waals surface area contributed by atoms with Gasteiger partial charge in [0.1, 0.15) is 5.75 Å². The van der Waals surface area contributed by atoms with Crippen LogP contribution in [0.25, 0.3) is 0 Å². The summed E-state index contributed by atoms with van der Waals surface area (Å²) in [6, 6.07) is 23.0. The number of hydrogen-bond donors (Lipinski definition) is 1. The maximum absolute atomic E-state index is 12.8. The molecule has 0 atom stereocenters. The van der Waals surface area contributed by atoms with Crippen LogP contribution >= 0.6 is 11.6 Å². The van der Waals surface area contributed by atoms with Crippen LogP contribution in [-0.2, 0) is 12.8 Å². The van der Waals surface area contributed by atoms with Gasteiger partial charge in [-0.25, -0.2) is 0 Å². The standard InChI is InChI=1S/C25H29ClN2O2.C7H8O.C2H6/c26-23-6-4-20(5-7-23)25(30)28-15-11-18(12-16-28)1-8-24(29)22-3-2-19-9-13-27-14-10-21(19)17-22;1-8-7-5-3-2-4-6-7;1-2/h2-7,17-18,27H,1,8-16H2;2-6H,1H3;1-2H3. The lowest BCUT2D eigenvalue weighted by atomic mass is 9.89. The molecule has 0 radical (unpaired) electrons. The van der Waals surface area contributed by atoms with Crippen molar-refractivity contribution in [1.82, 2.24) is 10.2 Å². The summed E-state index contributed by atoms with van der Waals surface area (Å²) in [5, 5.41) is 4.06. The van der Waals surface area contributed by atoms with Crippen molar-refractivity contribution in [1.29, 1.82) is 0 Å². The van der Waals surface area contributed by atoms with E-state index in [1.54, 1.807) is 31.4 Å². The van der Waals surface area contributed by atoms with Crippen molar-refractivity contribution >= 4 is 23.3 Å². The van der Waals surface area contributed by atoms with Crippen LogP contribution in [0.3, 0.4) is 0 Å². The van der Waals surface area contributed by atoms with Crippen LogP contribution in [0.1, 0.15) is 71.4 Å². The van der Waals surface area contributed by atoms with Crippen LogP contribution in [0, 0.1) is 5.92 Å². The lowest BCUT2D eigenvalue weighted by molar-refractivity contribution is 0.0681. The lowest BCUT2D eigenvalue weighted by Crippen LogP contribution is -2.38. The topological polar surface area (TPSA) is 58.6 Å². The molecule has 1 fully saturated rings. The van der Waals surface area contributed by atoms with Crippen molar-refractivity contribution in [2.24, 2.45) is 5.92 Å². The number of fused-ring (bicyclic) bond motifs is 1. The smallest absolute Gasteiger partial charge is 0.253 e. The van der Waals surface area contributed by atoms with Gasteiger partial charge in [0.2, 0.25) is 0 Å². The number of carbonyl (C=O) groups excluding carboxylic acids is 2. The van der Waals surface area contributed by atoms with Gasteiger partial charge >= 0.3 is 0 Å². The van der Waals surface area contributed by atoms with Crippen LogP contribution in [-0.4, -0.2) is 49.9 Å². The van der Waals surface area contributed by atoms with Gasteiger partial charge in [-0.15, -0.1) is 0 Å². The van der Waals surface area contributed by atoms with Crippen LogP contribution in [0.2, 0.25) is 5.02 Å². The second kappa shape index (κ2) is 16.8. The van der Waals surface area contributed by atoms with Gasteiger partial charge in [0, 0.05) is 35.7 Å². The fourth-order valence-corrected chi connectivity index (χ4v) is 5.21. The Labute approximate surface area is 244 Å². The Bertz CT molecular complexity index is 1190. The summed E-state index contributed by atoms with van der Waals surface area (Å²) in [4.78, 5) is 27.3. The zero-order chi connectivity index (χ0) is 28.7. The van der Waals surface area contributed by atoms with Gasteiger partial charge < -0.3 is 15.0 Å². The minimum atomic E-state index is 0.0701. The van der Waals surface area contributed by atoms with E-state index in [1.165, 1.54) is 11.1 Å². The first kappa shape index (κ1) is 31.4. The molecule has 6 heteroatoms. The molecule has 40 heavy (non-hydrogen) atoms. The third-order valence-corrected chi connectivity index (χ3v) is 7.67. The molecule has 2 heterocycles. The van der Waals surface area contributed by atoms with Gasteiger partial charge in [-0.2, -0.15) is 0 Å². The Morgan fingerprint density at radius 1 is 0.875 bits per heavy atom. The Morgan fingerprint density at radius 3 is 2.12 bits per heavy atom. The monoisotopic (exact) mass is 562 g/mol. The number of amides is 1. The molecule has 0 aromatic heterocycles.